The van der Waals surface area contributed by atoms with Crippen LogP contribution in [0.15, 0.2) is 35.7 Å². The van der Waals surface area contributed by atoms with E-state index in [2.05, 4.69) is 4.74 Å². The summed E-state index contributed by atoms with van der Waals surface area (Å²) in [6, 6.07) is 7.21. The number of carbonyl (C=O) groups is 1. The van der Waals surface area contributed by atoms with Crippen molar-refractivity contribution in [2.24, 2.45) is 0 Å². The number of esters is 1. The minimum absolute atomic E-state index is 0.0942. The number of rotatable bonds is 5. The van der Waals surface area contributed by atoms with Crippen molar-refractivity contribution in [3.63, 3.8) is 0 Å². The van der Waals surface area contributed by atoms with Gasteiger partial charge in [0.15, 0.2) is 5.70 Å². The Morgan fingerprint density at radius 3 is 2.32 bits per heavy atom. The van der Waals surface area contributed by atoms with Gasteiger partial charge in [0.1, 0.15) is 11.5 Å². The molecule has 1 aromatic rings. The summed E-state index contributed by atoms with van der Waals surface area (Å²) in [5.74, 6) is 0.0728. The van der Waals surface area contributed by atoms with Crippen LogP contribution in [0.2, 0.25) is 0 Å². The van der Waals surface area contributed by atoms with E-state index in [0.29, 0.717) is 6.61 Å². The van der Waals surface area contributed by atoms with Crippen LogP contribution >= 0.6 is 0 Å². The van der Waals surface area contributed by atoms with Crippen LogP contribution in [-0.2, 0) is 9.53 Å². The molecule has 5 nitrogen and oxygen atoms in total. The van der Waals surface area contributed by atoms with Crippen LogP contribution in [0.5, 0.6) is 5.75 Å². The highest BCUT2D eigenvalue weighted by atomic mass is 16.5. The molecule has 0 aliphatic rings. The Morgan fingerprint density at radius 2 is 1.89 bits per heavy atom. The van der Waals surface area contributed by atoms with Crippen molar-refractivity contribution < 1.29 is 19.4 Å². The lowest BCUT2D eigenvalue weighted by Crippen LogP contribution is -2.25. The van der Waals surface area contributed by atoms with Gasteiger partial charge in [0.05, 0.1) is 13.7 Å². The largest absolute Gasteiger partial charge is 0.510 e. The Kier molecular flexibility index (Phi) is 5.23. The Labute approximate surface area is 113 Å². The summed E-state index contributed by atoms with van der Waals surface area (Å²) in [6.07, 6.45) is 0. The fourth-order valence-electron chi connectivity index (χ4n) is 1.69. The Hall–Kier alpha value is -2.17. The van der Waals surface area contributed by atoms with Gasteiger partial charge >= 0.3 is 5.97 Å². The number of ether oxygens (including phenoxy) is 2. The number of anilines is 1. The predicted molar refractivity (Wildman–Crippen MR) is 73.4 cm³/mol. The number of aliphatic hydroxyl groups is 1. The quantitative estimate of drug-likeness (QED) is 0.503. The number of hydrogen-bond acceptors (Lipinski definition) is 5. The lowest BCUT2D eigenvalue weighted by Gasteiger charge is -2.21. The van der Waals surface area contributed by atoms with E-state index in [-0.39, 0.29) is 11.5 Å². The van der Waals surface area contributed by atoms with Crippen LogP contribution in [0, 0.1) is 0 Å². The van der Waals surface area contributed by atoms with Gasteiger partial charge in [-0.3, -0.25) is 0 Å². The number of nitrogens with zero attached hydrogens (tertiary/aromatic N) is 1. The smallest absolute Gasteiger partial charge is 0.358 e. The molecule has 19 heavy (non-hydrogen) atoms. The number of benzene rings is 1. The van der Waals surface area contributed by atoms with E-state index in [1.807, 2.05) is 6.92 Å². The van der Waals surface area contributed by atoms with Crippen LogP contribution in [-0.4, -0.2) is 31.8 Å². The number of hydrogen-bond donors (Lipinski definition) is 1. The zero-order valence-electron chi connectivity index (χ0n) is 11.6. The molecule has 0 radical (unpaired) electrons. The van der Waals surface area contributed by atoms with Crippen LogP contribution in [0.25, 0.3) is 0 Å². The van der Waals surface area contributed by atoms with Gasteiger partial charge < -0.3 is 19.5 Å². The van der Waals surface area contributed by atoms with Crippen molar-refractivity contribution in [2.45, 2.75) is 13.8 Å². The minimum atomic E-state index is -0.587. The number of likely N-dealkylation sites (N-methyl/N-ethyl adjacent to an activating group) is 1. The molecular formula is C14H19NO4. The fraction of sp³-hybridized carbons (Fsp3) is 0.357. The zero-order valence-corrected chi connectivity index (χ0v) is 11.6. The molecule has 104 valence electrons. The summed E-state index contributed by atoms with van der Waals surface area (Å²) in [6.45, 7) is 3.95. The van der Waals surface area contributed by atoms with E-state index in [4.69, 9.17) is 4.74 Å². The molecule has 0 aliphatic carbocycles. The van der Waals surface area contributed by atoms with Crippen molar-refractivity contribution in [2.75, 3.05) is 25.7 Å². The van der Waals surface area contributed by atoms with Crippen LogP contribution in [0.1, 0.15) is 13.8 Å². The first kappa shape index (κ1) is 14.9. The van der Waals surface area contributed by atoms with Crippen molar-refractivity contribution in [1.29, 1.82) is 0 Å². The Bertz CT molecular complexity index is 461. The average molecular weight is 265 g/mol. The van der Waals surface area contributed by atoms with Crippen molar-refractivity contribution in [3.8, 4) is 5.75 Å². The maximum Gasteiger partial charge on any atom is 0.358 e. The fourth-order valence-corrected chi connectivity index (χ4v) is 1.69. The molecule has 0 fully saturated rings. The summed E-state index contributed by atoms with van der Waals surface area (Å²) in [5, 5.41) is 9.60. The third-order valence-electron chi connectivity index (χ3n) is 2.59. The average Bonchev–Trinajstić information content (AvgIpc) is 2.39. The summed E-state index contributed by atoms with van der Waals surface area (Å²) >= 11 is 0. The maximum atomic E-state index is 11.6. The topological polar surface area (TPSA) is 59.0 Å². The second kappa shape index (κ2) is 6.68. The van der Waals surface area contributed by atoms with E-state index >= 15 is 0 Å². The normalized spacial score (nSPS) is 11.6. The molecule has 1 N–H and O–H groups in total. The monoisotopic (exact) mass is 265 g/mol. The van der Waals surface area contributed by atoms with Crippen LogP contribution in [0.4, 0.5) is 5.69 Å². The van der Waals surface area contributed by atoms with Gasteiger partial charge in [-0.2, -0.15) is 0 Å². The molecule has 1 rings (SSSR count). The van der Waals surface area contributed by atoms with Gasteiger partial charge in [-0.25, -0.2) is 4.79 Å². The lowest BCUT2D eigenvalue weighted by molar-refractivity contribution is -0.136. The maximum absolute atomic E-state index is 11.6. The third-order valence-corrected chi connectivity index (χ3v) is 2.59. The van der Waals surface area contributed by atoms with E-state index in [1.54, 1.807) is 36.2 Å². The number of carbonyl (C=O) groups excluding carboxylic acids is 1. The first-order valence-electron chi connectivity index (χ1n) is 5.96. The van der Waals surface area contributed by atoms with Gasteiger partial charge in [-0.05, 0) is 38.1 Å². The molecule has 0 atom stereocenters. The molecule has 0 amide bonds. The minimum Gasteiger partial charge on any atom is -0.510 e. The summed E-state index contributed by atoms with van der Waals surface area (Å²) in [7, 11) is 2.96. The lowest BCUT2D eigenvalue weighted by atomic mass is 10.2. The number of allylic oxidation sites excluding steroid dienone is 1. The SMILES string of the molecule is CCOc1ccc(N(C)/C(C(=O)OC)=C(\C)O)cc1. The van der Waals surface area contributed by atoms with Crippen molar-refractivity contribution in [1.82, 2.24) is 0 Å². The first-order chi connectivity index (χ1) is 9.01. The van der Waals surface area contributed by atoms with Gasteiger partial charge in [-0.1, -0.05) is 0 Å². The number of methoxy groups -OCH3 is 1. The van der Waals surface area contributed by atoms with E-state index < -0.39 is 5.97 Å². The molecule has 0 bridgehead atoms. The highest BCUT2D eigenvalue weighted by molar-refractivity contribution is 5.92. The molecule has 0 unspecified atom stereocenters. The summed E-state index contributed by atoms with van der Waals surface area (Å²) in [5.41, 5.74) is 0.851. The second-order valence-corrected chi connectivity index (χ2v) is 3.91. The molecule has 5 heteroatoms. The third kappa shape index (κ3) is 3.64. The van der Waals surface area contributed by atoms with E-state index in [1.165, 1.54) is 14.0 Å². The number of aliphatic hydroxyl groups excluding tert-OH is 1. The Morgan fingerprint density at radius 1 is 1.32 bits per heavy atom. The molecule has 0 heterocycles. The molecule has 0 saturated carbocycles. The predicted octanol–water partition coefficient (Wildman–Crippen LogP) is 2.48. The summed E-state index contributed by atoms with van der Waals surface area (Å²) in [4.78, 5) is 13.2. The van der Waals surface area contributed by atoms with Gasteiger partial charge in [-0.15, -0.1) is 0 Å². The van der Waals surface area contributed by atoms with Crippen molar-refractivity contribution in [3.05, 3.63) is 35.7 Å². The Balaban J connectivity index is 3.01. The molecule has 0 aliphatic heterocycles. The van der Waals surface area contributed by atoms with Crippen LogP contribution < -0.4 is 9.64 Å². The van der Waals surface area contributed by atoms with Gasteiger partial charge in [0.25, 0.3) is 0 Å². The zero-order chi connectivity index (χ0) is 14.4. The molecular weight excluding hydrogens is 246 g/mol. The van der Waals surface area contributed by atoms with Crippen molar-refractivity contribution >= 4 is 11.7 Å². The standard InChI is InChI=1S/C14H19NO4/c1-5-19-12-8-6-11(7-9-12)15(3)13(10(2)16)14(17)18-4/h6-9,16H,5H2,1-4H3/b13-10+. The molecule has 1 aromatic carbocycles. The van der Waals surface area contributed by atoms with Gasteiger partial charge in [0.2, 0.25) is 0 Å². The molecule has 0 spiro atoms. The highest BCUT2D eigenvalue weighted by Gasteiger charge is 2.19. The van der Waals surface area contributed by atoms with Crippen LogP contribution in [0.3, 0.4) is 0 Å². The first-order valence-corrected chi connectivity index (χ1v) is 5.96. The summed E-state index contributed by atoms with van der Waals surface area (Å²) < 4.78 is 10.0. The highest BCUT2D eigenvalue weighted by Crippen LogP contribution is 2.23. The molecule has 0 saturated heterocycles. The van der Waals surface area contributed by atoms with E-state index in [9.17, 15) is 9.90 Å². The molecule has 0 aromatic heterocycles. The van der Waals surface area contributed by atoms with E-state index in [0.717, 1.165) is 11.4 Å². The van der Waals surface area contributed by atoms with Gasteiger partial charge in [0, 0.05) is 12.7 Å². The second-order valence-electron chi connectivity index (χ2n) is 3.91.